The molecule has 1 fully saturated rings. The molecule has 5 rings (SSSR count). The summed E-state index contributed by atoms with van der Waals surface area (Å²) in [5.74, 6) is 0.961. The van der Waals surface area contributed by atoms with E-state index >= 15 is 0 Å². The molecule has 1 saturated heterocycles. The number of nitrogens with zero attached hydrogens (tertiary/aromatic N) is 5. The van der Waals surface area contributed by atoms with Gasteiger partial charge in [0.2, 0.25) is 0 Å². The molecule has 0 unspecified atom stereocenters. The first-order valence-electron chi connectivity index (χ1n) is 11.0. The summed E-state index contributed by atoms with van der Waals surface area (Å²) >= 11 is 5.84. The fourth-order valence-electron chi connectivity index (χ4n) is 4.72. The van der Waals surface area contributed by atoms with Gasteiger partial charge in [0.1, 0.15) is 5.82 Å². The Hall–Kier alpha value is -3.58. The quantitative estimate of drug-likeness (QED) is 0.439. The lowest BCUT2D eigenvalue weighted by Gasteiger charge is -2.28. The molecule has 1 aliphatic heterocycles. The zero-order valence-electron chi connectivity index (χ0n) is 18.9. The van der Waals surface area contributed by atoms with Crippen molar-refractivity contribution >= 4 is 17.3 Å². The van der Waals surface area contributed by atoms with E-state index in [-0.39, 0.29) is 12.1 Å². The van der Waals surface area contributed by atoms with Crippen molar-refractivity contribution in [3.05, 3.63) is 107 Å². The summed E-state index contributed by atoms with van der Waals surface area (Å²) in [5, 5.41) is 4.28. The van der Waals surface area contributed by atoms with Crippen LogP contribution >= 0.6 is 12.2 Å². The highest BCUT2D eigenvalue weighted by Crippen LogP contribution is 2.42. The average molecular weight is 455 g/mol. The molecule has 0 bridgehead atoms. The Bertz CT molecular complexity index is 1280. The van der Waals surface area contributed by atoms with E-state index in [4.69, 9.17) is 12.2 Å². The smallest absolute Gasteiger partial charge is 0.170 e. The molecule has 0 aliphatic carbocycles. The van der Waals surface area contributed by atoms with Crippen LogP contribution in [0.4, 0.5) is 0 Å². The van der Waals surface area contributed by atoms with E-state index in [1.165, 1.54) is 5.56 Å². The van der Waals surface area contributed by atoms with Crippen LogP contribution in [0.1, 0.15) is 45.9 Å². The number of pyridine rings is 3. The summed E-state index contributed by atoms with van der Waals surface area (Å²) < 4.78 is 2.24. The van der Waals surface area contributed by atoms with Gasteiger partial charge < -0.3 is 14.8 Å². The molecule has 0 radical (unpaired) electrons. The molecule has 0 saturated carbocycles. The lowest BCUT2D eigenvalue weighted by molar-refractivity contribution is 0.310. The summed E-state index contributed by atoms with van der Waals surface area (Å²) in [6.07, 6.45) is 7.33. The van der Waals surface area contributed by atoms with Crippen molar-refractivity contribution in [1.29, 1.82) is 0 Å². The van der Waals surface area contributed by atoms with Gasteiger partial charge >= 0.3 is 0 Å². The number of thiocarbonyl (C=S) groups is 1. The highest BCUT2D eigenvalue weighted by molar-refractivity contribution is 7.80. The first-order chi connectivity index (χ1) is 16.0. The van der Waals surface area contributed by atoms with Crippen molar-refractivity contribution in [2.45, 2.75) is 39.4 Å². The van der Waals surface area contributed by atoms with Crippen LogP contribution in [0.3, 0.4) is 0 Å². The third kappa shape index (κ3) is 3.89. The van der Waals surface area contributed by atoms with Gasteiger partial charge in [-0.2, -0.15) is 0 Å². The van der Waals surface area contributed by atoms with E-state index in [9.17, 15) is 0 Å². The Kier molecular flexibility index (Phi) is 5.64. The van der Waals surface area contributed by atoms with Gasteiger partial charge in [-0.25, -0.2) is 4.98 Å². The molecule has 4 aromatic heterocycles. The van der Waals surface area contributed by atoms with Crippen molar-refractivity contribution in [3.63, 3.8) is 0 Å². The Morgan fingerprint density at radius 1 is 0.939 bits per heavy atom. The minimum absolute atomic E-state index is 0.00969. The third-order valence-electron chi connectivity index (χ3n) is 6.28. The van der Waals surface area contributed by atoms with Gasteiger partial charge in [-0.05, 0) is 86.1 Å². The predicted molar refractivity (Wildman–Crippen MR) is 133 cm³/mol. The van der Waals surface area contributed by atoms with Gasteiger partial charge in [-0.15, -0.1) is 0 Å². The van der Waals surface area contributed by atoms with Crippen molar-refractivity contribution in [2.24, 2.45) is 0 Å². The monoisotopic (exact) mass is 454 g/mol. The number of aryl methyl sites for hydroxylation is 2. The zero-order chi connectivity index (χ0) is 22.9. The maximum Gasteiger partial charge on any atom is 0.170 e. The number of hydrogen-bond donors (Lipinski definition) is 1. The normalized spacial score (nSPS) is 17.9. The average Bonchev–Trinajstić information content (AvgIpc) is 3.30. The minimum Gasteiger partial charge on any atom is -0.352 e. The standard InChI is InChI=1S/C26H26N6S/c1-17-7-6-12-29-25(17)32-18(2)15-21(19(32)3)24-23(22-8-4-5-11-28-22)30-26(33)31(24)16-20-9-13-27-14-10-20/h4-15,23-24H,16H2,1-3H3,(H,30,33)/t23-,24+/m1/s1. The van der Waals surface area contributed by atoms with E-state index in [0.29, 0.717) is 6.54 Å². The van der Waals surface area contributed by atoms with E-state index in [2.05, 4.69) is 68.7 Å². The molecule has 1 aliphatic rings. The van der Waals surface area contributed by atoms with Crippen LogP contribution in [-0.4, -0.2) is 29.5 Å². The van der Waals surface area contributed by atoms with Gasteiger partial charge in [0.05, 0.1) is 17.8 Å². The fourth-order valence-corrected chi connectivity index (χ4v) is 5.03. The summed E-state index contributed by atoms with van der Waals surface area (Å²) in [6, 6.07) is 16.4. The highest BCUT2D eigenvalue weighted by atomic mass is 32.1. The Labute approximate surface area is 199 Å². The van der Waals surface area contributed by atoms with Crippen LogP contribution in [-0.2, 0) is 6.54 Å². The van der Waals surface area contributed by atoms with E-state index < -0.39 is 0 Å². The van der Waals surface area contributed by atoms with Crippen LogP contribution in [0, 0.1) is 20.8 Å². The zero-order valence-corrected chi connectivity index (χ0v) is 19.8. The van der Waals surface area contributed by atoms with Crippen LogP contribution in [0.5, 0.6) is 0 Å². The molecule has 0 amide bonds. The molecular formula is C26H26N6S. The van der Waals surface area contributed by atoms with Crippen LogP contribution < -0.4 is 5.32 Å². The Morgan fingerprint density at radius 2 is 1.73 bits per heavy atom. The second-order valence-corrected chi connectivity index (χ2v) is 8.80. The lowest BCUT2D eigenvalue weighted by atomic mass is 9.96. The minimum atomic E-state index is -0.0562. The van der Waals surface area contributed by atoms with Gasteiger partial charge in [-0.1, -0.05) is 12.1 Å². The topological polar surface area (TPSA) is 58.9 Å². The molecule has 4 aromatic rings. The first-order valence-corrected chi connectivity index (χ1v) is 11.4. The number of hydrogen-bond acceptors (Lipinski definition) is 4. The Balaban J connectivity index is 1.63. The summed E-state index contributed by atoms with van der Waals surface area (Å²) in [5.41, 5.74) is 6.80. The Morgan fingerprint density at radius 3 is 2.45 bits per heavy atom. The molecule has 0 aromatic carbocycles. The maximum absolute atomic E-state index is 5.84. The molecule has 6 nitrogen and oxygen atoms in total. The van der Waals surface area contributed by atoms with E-state index in [0.717, 1.165) is 39.1 Å². The summed E-state index contributed by atoms with van der Waals surface area (Å²) in [7, 11) is 0. The second-order valence-electron chi connectivity index (χ2n) is 8.42. The fraction of sp³-hybridized carbons (Fsp3) is 0.231. The van der Waals surface area contributed by atoms with Crippen LogP contribution in [0.2, 0.25) is 0 Å². The molecule has 166 valence electrons. The lowest BCUT2D eigenvalue weighted by Crippen LogP contribution is -2.29. The number of aromatic nitrogens is 4. The van der Waals surface area contributed by atoms with Gasteiger partial charge in [-0.3, -0.25) is 9.97 Å². The number of rotatable bonds is 5. The molecule has 7 heteroatoms. The second kappa shape index (κ2) is 8.75. The van der Waals surface area contributed by atoms with Crippen molar-refractivity contribution in [2.75, 3.05) is 0 Å². The molecular weight excluding hydrogens is 428 g/mol. The molecule has 1 N–H and O–H groups in total. The van der Waals surface area contributed by atoms with Gasteiger partial charge in [0, 0.05) is 42.7 Å². The summed E-state index contributed by atoms with van der Waals surface area (Å²) in [6.45, 7) is 7.08. The van der Waals surface area contributed by atoms with Crippen molar-refractivity contribution < 1.29 is 0 Å². The molecule has 33 heavy (non-hydrogen) atoms. The third-order valence-corrected chi connectivity index (χ3v) is 6.63. The maximum atomic E-state index is 5.84. The highest BCUT2D eigenvalue weighted by Gasteiger charge is 2.41. The van der Waals surface area contributed by atoms with Gasteiger partial charge in [0.15, 0.2) is 5.11 Å². The van der Waals surface area contributed by atoms with E-state index in [1.54, 1.807) is 0 Å². The van der Waals surface area contributed by atoms with Crippen molar-refractivity contribution in [1.82, 2.24) is 29.7 Å². The van der Waals surface area contributed by atoms with E-state index in [1.807, 2.05) is 55.1 Å². The van der Waals surface area contributed by atoms with Crippen LogP contribution in [0.25, 0.3) is 5.82 Å². The molecule has 0 spiro atoms. The van der Waals surface area contributed by atoms with Crippen LogP contribution in [0.15, 0.2) is 73.3 Å². The predicted octanol–water partition coefficient (Wildman–Crippen LogP) is 4.76. The van der Waals surface area contributed by atoms with Crippen molar-refractivity contribution in [3.8, 4) is 5.82 Å². The molecule has 2 atom stereocenters. The SMILES string of the molecule is Cc1cccnc1-n1c(C)cc([C@H]2[C@@H](c3ccccn3)NC(=S)N2Cc2ccncc2)c1C. The van der Waals surface area contributed by atoms with Gasteiger partial charge in [0.25, 0.3) is 0 Å². The largest absolute Gasteiger partial charge is 0.352 e. The molecule has 5 heterocycles. The number of nitrogens with one attached hydrogen (secondary N) is 1. The first kappa shape index (κ1) is 21.3. The summed E-state index contributed by atoms with van der Waals surface area (Å²) in [4.78, 5) is 15.8.